The third-order valence-corrected chi connectivity index (χ3v) is 5.17. The van der Waals surface area contributed by atoms with E-state index in [1.54, 1.807) is 19.1 Å². The maximum Gasteiger partial charge on any atom is 0.326 e. The fourth-order valence-corrected chi connectivity index (χ4v) is 3.72. The third-order valence-electron chi connectivity index (χ3n) is 3.98. The molecule has 3 aromatic rings. The van der Waals surface area contributed by atoms with Gasteiger partial charge in [-0.05, 0) is 42.8 Å². The molecule has 1 heterocycles. The molecule has 0 atom stereocenters. The van der Waals surface area contributed by atoms with Gasteiger partial charge < -0.3 is 10.1 Å². The Hall–Kier alpha value is -3.02. The summed E-state index contributed by atoms with van der Waals surface area (Å²) in [6.07, 6.45) is 1.53. The van der Waals surface area contributed by atoms with Crippen molar-refractivity contribution in [2.75, 3.05) is 5.32 Å². The van der Waals surface area contributed by atoms with Crippen LogP contribution >= 0.6 is 46.4 Å². The van der Waals surface area contributed by atoms with Crippen LogP contribution in [0.25, 0.3) is 0 Å². The first-order valence-corrected chi connectivity index (χ1v) is 10.3. The summed E-state index contributed by atoms with van der Waals surface area (Å²) in [6.45, 7) is 1.79. The smallest absolute Gasteiger partial charge is 0.326 e. The predicted molar refractivity (Wildman–Crippen MR) is 123 cm³/mol. The van der Waals surface area contributed by atoms with Crippen LogP contribution < -0.4 is 15.4 Å². The number of hydrogen-bond acceptors (Lipinski definition) is 5. The van der Waals surface area contributed by atoms with Gasteiger partial charge in [0.2, 0.25) is 5.88 Å². The molecule has 0 spiro atoms. The molecule has 0 unspecified atom stereocenters. The van der Waals surface area contributed by atoms with Gasteiger partial charge in [-0.1, -0.05) is 52.5 Å². The van der Waals surface area contributed by atoms with Gasteiger partial charge in [0, 0.05) is 11.9 Å². The second kappa shape index (κ2) is 10.1. The number of imide groups is 1. The third kappa shape index (κ3) is 5.42. The molecule has 0 aliphatic rings. The molecule has 0 aliphatic carbocycles. The quantitative estimate of drug-likeness (QED) is 0.410. The first kappa shape index (κ1) is 23.6. The first-order valence-electron chi connectivity index (χ1n) is 8.79. The molecular weight excluding hydrogens is 498 g/mol. The van der Waals surface area contributed by atoms with Crippen molar-refractivity contribution >= 4 is 64.0 Å². The van der Waals surface area contributed by atoms with E-state index in [0.29, 0.717) is 0 Å². The number of ether oxygens (including phenoxy) is 1. The minimum Gasteiger partial charge on any atom is -0.435 e. The zero-order valence-corrected chi connectivity index (χ0v) is 19.2. The minimum absolute atomic E-state index is 0.0302. The Labute approximate surface area is 202 Å². The fourth-order valence-electron chi connectivity index (χ4n) is 2.59. The molecule has 11 heteroatoms. The van der Waals surface area contributed by atoms with E-state index in [2.05, 4.69) is 15.6 Å². The van der Waals surface area contributed by atoms with E-state index in [-0.39, 0.29) is 48.5 Å². The maximum absolute atomic E-state index is 12.3. The van der Waals surface area contributed by atoms with E-state index in [1.807, 2.05) is 6.07 Å². The Morgan fingerprint density at radius 2 is 1.66 bits per heavy atom. The second-order valence-electron chi connectivity index (χ2n) is 6.35. The van der Waals surface area contributed by atoms with Crippen LogP contribution in [0.4, 0.5) is 10.5 Å². The van der Waals surface area contributed by atoms with Gasteiger partial charge in [-0.3, -0.25) is 10.1 Å². The van der Waals surface area contributed by atoms with Gasteiger partial charge in [0.25, 0.3) is 5.91 Å². The zero-order chi connectivity index (χ0) is 23.4. The molecule has 0 radical (unpaired) electrons. The number of aromatic nitrogens is 1. The summed E-state index contributed by atoms with van der Waals surface area (Å²) in [5.41, 5.74) is 1.13. The standard InChI is InChI=1S/C21H12Cl4N4O3/c1-10-5-11(8-26)20(27-9-10)32-18-15(24)6-12(7-16(18)25)28-21(31)29-19(30)17-13(22)3-2-4-14(17)23/h2-7,9H,1H3,(H2,28,29,30,31). The Balaban J connectivity index is 1.76. The van der Waals surface area contributed by atoms with Crippen molar-refractivity contribution in [3.8, 4) is 17.7 Å². The molecule has 7 nitrogen and oxygen atoms in total. The molecule has 2 N–H and O–H groups in total. The number of nitrogens with one attached hydrogen (secondary N) is 2. The number of amides is 3. The van der Waals surface area contributed by atoms with E-state index in [4.69, 9.17) is 51.1 Å². The molecule has 1 aromatic heterocycles. The van der Waals surface area contributed by atoms with E-state index in [1.165, 1.54) is 30.5 Å². The normalized spacial score (nSPS) is 10.2. The van der Waals surface area contributed by atoms with Crippen LogP contribution in [0, 0.1) is 18.3 Å². The number of anilines is 1. The zero-order valence-electron chi connectivity index (χ0n) is 16.2. The number of rotatable bonds is 4. The van der Waals surface area contributed by atoms with Gasteiger partial charge in [-0.25, -0.2) is 9.78 Å². The molecule has 0 aliphatic heterocycles. The number of carbonyl (C=O) groups is 2. The highest BCUT2D eigenvalue weighted by Crippen LogP contribution is 2.39. The summed E-state index contributed by atoms with van der Waals surface area (Å²) in [5.74, 6) is -0.710. The maximum atomic E-state index is 12.3. The van der Waals surface area contributed by atoms with Crippen LogP contribution in [0.15, 0.2) is 42.6 Å². The van der Waals surface area contributed by atoms with Gasteiger partial charge in [0.1, 0.15) is 11.6 Å². The van der Waals surface area contributed by atoms with Crippen molar-refractivity contribution in [2.24, 2.45) is 0 Å². The van der Waals surface area contributed by atoms with Crippen molar-refractivity contribution in [3.63, 3.8) is 0 Å². The monoisotopic (exact) mass is 508 g/mol. The number of benzene rings is 2. The van der Waals surface area contributed by atoms with Crippen LogP contribution in [0.5, 0.6) is 11.6 Å². The summed E-state index contributed by atoms with van der Waals surface area (Å²) >= 11 is 24.4. The SMILES string of the molecule is Cc1cnc(Oc2c(Cl)cc(NC(=O)NC(=O)c3c(Cl)cccc3Cl)cc2Cl)c(C#N)c1. The lowest BCUT2D eigenvalue weighted by Crippen LogP contribution is -2.34. The minimum atomic E-state index is -0.862. The van der Waals surface area contributed by atoms with Crippen molar-refractivity contribution in [3.05, 3.63) is 79.4 Å². The lowest BCUT2D eigenvalue weighted by molar-refractivity contribution is 0.0967. The highest BCUT2D eigenvalue weighted by atomic mass is 35.5. The van der Waals surface area contributed by atoms with Gasteiger partial charge in [-0.15, -0.1) is 0 Å². The van der Waals surface area contributed by atoms with E-state index in [0.717, 1.165) is 5.56 Å². The largest absolute Gasteiger partial charge is 0.435 e. The highest BCUT2D eigenvalue weighted by molar-refractivity contribution is 6.40. The van der Waals surface area contributed by atoms with Crippen molar-refractivity contribution in [1.82, 2.24) is 10.3 Å². The molecule has 0 saturated carbocycles. The molecule has 3 rings (SSSR count). The molecule has 2 aromatic carbocycles. The lowest BCUT2D eigenvalue weighted by atomic mass is 10.2. The topological polar surface area (TPSA) is 104 Å². The van der Waals surface area contributed by atoms with Gasteiger partial charge in [0.15, 0.2) is 5.75 Å². The van der Waals surface area contributed by atoms with Crippen LogP contribution in [0.2, 0.25) is 20.1 Å². The van der Waals surface area contributed by atoms with Crippen LogP contribution in [-0.4, -0.2) is 16.9 Å². The Morgan fingerprint density at radius 1 is 1.03 bits per heavy atom. The molecule has 0 fully saturated rings. The summed E-state index contributed by atoms with van der Waals surface area (Å²) in [7, 11) is 0. The number of pyridine rings is 1. The molecule has 32 heavy (non-hydrogen) atoms. The van der Waals surface area contributed by atoms with Gasteiger partial charge in [-0.2, -0.15) is 5.26 Å². The summed E-state index contributed by atoms with van der Waals surface area (Å²) in [4.78, 5) is 28.6. The Bertz CT molecular complexity index is 1230. The highest BCUT2D eigenvalue weighted by Gasteiger charge is 2.19. The number of nitrogens with zero attached hydrogens (tertiary/aromatic N) is 2. The molecule has 3 amide bonds. The molecular formula is C21H12Cl4N4O3. The summed E-state index contributed by atoms with van der Waals surface area (Å²) in [5, 5.41) is 14.1. The predicted octanol–water partition coefficient (Wildman–Crippen LogP) is 6.63. The van der Waals surface area contributed by atoms with E-state index >= 15 is 0 Å². The van der Waals surface area contributed by atoms with Crippen molar-refractivity contribution in [1.29, 1.82) is 5.26 Å². The summed E-state index contributed by atoms with van der Waals surface area (Å²) in [6, 6.07) is 9.95. The number of urea groups is 1. The van der Waals surface area contributed by atoms with Crippen LogP contribution in [0.1, 0.15) is 21.5 Å². The lowest BCUT2D eigenvalue weighted by Gasteiger charge is -2.13. The average Bonchev–Trinajstić information content (AvgIpc) is 2.71. The fraction of sp³-hybridized carbons (Fsp3) is 0.0476. The Morgan fingerprint density at radius 3 is 2.25 bits per heavy atom. The van der Waals surface area contributed by atoms with Crippen molar-refractivity contribution in [2.45, 2.75) is 6.92 Å². The summed E-state index contributed by atoms with van der Waals surface area (Å²) < 4.78 is 5.62. The van der Waals surface area contributed by atoms with E-state index < -0.39 is 11.9 Å². The number of hydrogen-bond donors (Lipinski definition) is 2. The molecule has 0 bridgehead atoms. The number of carbonyl (C=O) groups excluding carboxylic acids is 2. The second-order valence-corrected chi connectivity index (χ2v) is 7.98. The first-order chi connectivity index (χ1) is 15.2. The molecule has 0 saturated heterocycles. The average molecular weight is 510 g/mol. The number of aryl methyl sites for hydroxylation is 1. The molecule has 162 valence electrons. The number of nitriles is 1. The van der Waals surface area contributed by atoms with Crippen LogP contribution in [0.3, 0.4) is 0 Å². The van der Waals surface area contributed by atoms with Crippen LogP contribution in [-0.2, 0) is 0 Å². The van der Waals surface area contributed by atoms with Gasteiger partial charge >= 0.3 is 6.03 Å². The van der Waals surface area contributed by atoms with Gasteiger partial charge in [0.05, 0.1) is 25.7 Å². The van der Waals surface area contributed by atoms with E-state index in [9.17, 15) is 14.9 Å². The number of halogens is 4. The van der Waals surface area contributed by atoms with Crippen molar-refractivity contribution < 1.29 is 14.3 Å². The Kier molecular flexibility index (Phi) is 7.44.